The molecule has 2 aromatic heterocycles. The van der Waals surface area contributed by atoms with Crippen molar-refractivity contribution in [3.8, 4) is 28.3 Å². The summed E-state index contributed by atoms with van der Waals surface area (Å²) in [6, 6.07) is 13.6. The van der Waals surface area contributed by atoms with Crippen LogP contribution in [0.2, 0.25) is 0 Å². The largest absolute Gasteiger partial charge is 0.494 e. The Bertz CT molecular complexity index is 1240. The number of H-pyrrole nitrogens is 1. The van der Waals surface area contributed by atoms with Gasteiger partial charge in [-0.05, 0) is 48.9 Å². The number of ether oxygens (including phenoxy) is 1. The Balaban J connectivity index is 0.000000568. The number of aldehydes is 1. The lowest BCUT2D eigenvalue weighted by Gasteiger charge is -2.11. The fourth-order valence-corrected chi connectivity index (χ4v) is 3.56. The number of halogens is 3. The Morgan fingerprint density at radius 3 is 2.46 bits per heavy atom. The van der Waals surface area contributed by atoms with Crippen LogP contribution in [0.15, 0.2) is 48.7 Å². The summed E-state index contributed by atoms with van der Waals surface area (Å²) in [4.78, 5) is 41.8. The molecule has 2 amide bonds. The topological polar surface area (TPSA) is 104 Å². The first-order valence-electron chi connectivity index (χ1n) is 11.5. The maximum atomic E-state index is 12.0. The van der Waals surface area contributed by atoms with Crippen LogP contribution in [0.3, 0.4) is 0 Å². The van der Waals surface area contributed by atoms with Gasteiger partial charge in [0.25, 0.3) is 5.91 Å². The summed E-state index contributed by atoms with van der Waals surface area (Å²) in [7, 11) is 3.51. The summed E-state index contributed by atoms with van der Waals surface area (Å²) in [6.07, 6.45) is -1.96. The number of aromatic amines is 1. The van der Waals surface area contributed by atoms with E-state index in [-0.39, 0.29) is 11.8 Å². The maximum absolute atomic E-state index is 12.0. The van der Waals surface area contributed by atoms with Crippen molar-refractivity contribution < 1.29 is 32.3 Å². The standard InChI is InChI=1S/C24H26N4O3.C2HF3O/c1-28(2)23(29)4-3-13-31-18-7-5-16(6-8-18)21-14-17(9-11-25-21)22-15-19-20(27-22)10-12-26-24(19)30;3-2(4,5)1-6/h5-9,11,14-15,27H,3-4,10,12-13H2,1-2H3,(H,26,30);1H. The van der Waals surface area contributed by atoms with Gasteiger partial charge in [0.15, 0.2) is 0 Å². The summed E-state index contributed by atoms with van der Waals surface area (Å²) in [5.41, 5.74) is 5.42. The van der Waals surface area contributed by atoms with Gasteiger partial charge in [-0.2, -0.15) is 13.2 Å². The van der Waals surface area contributed by atoms with Crippen molar-refractivity contribution in [1.29, 1.82) is 0 Å². The van der Waals surface area contributed by atoms with E-state index in [1.54, 1.807) is 25.2 Å². The number of carbonyl (C=O) groups excluding carboxylic acids is 3. The van der Waals surface area contributed by atoms with E-state index < -0.39 is 12.5 Å². The molecule has 0 fully saturated rings. The van der Waals surface area contributed by atoms with Crippen LogP contribution in [0.5, 0.6) is 5.75 Å². The van der Waals surface area contributed by atoms with E-state index >= 15 is 0 Å². The highest BCUT2D eigenvalue weighted by molar-refractivity contribution is 5.97. The first kappa shape index (κ1) is 27.4. The number of benzene rings is 1. The van der Waals surface area contributed by atoms with Gasteiger partial charge in [-0.3, -0.25) is 19.4 Å². The number of carbonyl (C=O) groups is 3. The van der Waals surface area contributed by atoms with Gasteiger partial charge < -0.3 is 19.9 Å². The second-order valence-corrected chi connectivity index (χ2v) is 8.43. The zero-order valence-electron chi connectivity index (χ0n) is 20.4. The van der Waals surface area contributed by atoms with E-state index in [4.69, 9.17) is 9.53 Å². The van der Waals surface area contributed by atoms with Crippen molar-refractivity contribution >= 4 is 18.1 Å². The molecule has 37 heavy (non-hydrogen) atoms. The molecule has 0 atom stereocenters. The Labute approximate surface area is 211 Å². The van der Waals surface area contributed by atoms with Crippen LogP contribution in [0, 0.1) is 0 Å². The molecule has 1 aromatic carbocycles. The third-order valence-electron chi connectivity index (χ3n) is 5.46. The van der Waals surface area contributed by atoms with Gasteiger partial charge in [-0.15, -0.1) is 0 Å². The zero-order chi connectivity index (χ0) is 27.0. The van der Waals surface area contributed by atoms with Gasteiger partial charge in [0, 0.05) is 62.2 Å². The highest BCUT2D eigenvalue weighted by atomic mass is 19.4. The Morgan fingerprint density at radius 1 is 1.14 bits per heavy atom. The average Bonchev–Trinajstić information content (AvgIpc) is 3.33. The summed E-state index contributed by atoms with van der Waals surface area (Å²) in [5, 5.41) is 2.87. The number of pyridine rings is 1. The monoisotopic (exact) mass is 516 g/mol. The lowest BCUT2D eigenvalue weighted by molar-refractivity contribution is -0.156. The van der Waals surface area contributed by atoms with Crippen molar-refractivity contribution in [1.82, 2.24) is 20.2 Å². The van der Waals surface area contributed by atoms with E-state index in [0.717, 1.165) is 40.4 Å². The van der Waals surface area contributed by atoms with Crippen molar-refractivity contribution in [2.24, 2.45) is 0 Å². The summed E-state index contributed by atoms with van der Waals surface area (Å²) in [5.74, 6) is 0.841. The van der Waals surface area contributed by atoms with E-state index in [0.29, 0.717) is 31.6 Å². The van der Waals surface area contributed by atoms with Crippen LogP contribution in [0.1, 0.15) is 28.9 Å². The molecule has 1 aliphatic rings. The van der Waals surface area contributed by atoms with Crippen molar-refractivity contribution in [2.45, 2.75) is 25.4 Å². The molecule has 0 radical (unpaired) electrons. The molecule has 0 aliphatic carbocycles. The smallest absolute Gasteiger partial charge is 0.446 e. The van der Waals surface area contributed by atoms with Gasteiger partial charge in [0.1, 0.15) is 5.75 Å². The molecular formula is C26H27F3N4O4. The third kappa shape index (κ3) is 7.92. The Kier molecular flexibility index (Phi) is 9.05. The quantitative estimate of drug-likeness (QED) is 0.365. The fourth-order valence-electron chi connectivity index (χ4n) is 3.56. The van der Waals surface area contributed by atoms with Crippen LogP contribution in [-0.4, -0.2) is 66.4 Å². The molecule has 0 bridgehead atoms. The minimum atomic E-state index is -4.64. The van der Waals surface area contributed by atoms with Crippen LogP contribution in [0.4, 0.5) is 13.2 Å². The lowest BCUT2D eigenvalue weighted by atomic mass is 10.1. The molecule has 11 heteroatoms. The van der Waals surface area contributed by atoms with Crippen LogP contribution < -0.4 is 10.1 Å². The number of nitrogens with zero attached hydrogens (tertiary/aromatic N) is 2. The predicted molar refractivity (Wildman–Crippen MR) is 131 cm³/mol. The molecule has 196 valence electrons. The van der Waals surface area contributed by atoms with Gasteiger partial charge in [-0.25, -0.2) is 0 Å². The number of rotatable bonds is 7. The van der Waals surface area contributed by atoms with Gasteiger partial charge in [-0.1, -0.05) is 0 Å². The second kappa shape index (κ2) is 12.2. The number of fused-ring (bicyclic) bond motifs is 1. The number of aromatic nitrogens is 2. The molecule has 0 spiro atoms. The molecule has 1 aliphatic heterocycles. The second-order valence-electron chi connectivity index (χ2n) is 8.43. The van der Waals surface area contributed by atoms with Crippen molar-refractivity contribution in [3.63, 3.8) is 0 Å². The fraction of sp³-hybridized carbons (Fsp3) is 0.308. The van der Waals surface area contributed by atoms with Crippen molar-refractivity contribution in [3.05, 3.63) is 59.9 Å². The Morgan fingerprint density at radius 2 is 1.84 bits per heavy atom. The first-order chi connectivity index (χ1) is 17.6. The SMILES string of the molecule is CN(C)C(=O)CCCOc1ccc(-c2cc(-c3cc4c([nH]3)CCNC4=O)ccn2)cc1.O=CC(F)(F)F. The molecule has 0 saturated heterocycles. The van der Waals surface area contributed by atoms with Crippen molar-refractivity contribution in [2.75, 3.05) is 27.2 Å². The summed E-state index contributed by atoms with van der Waals surface area (Å²) < 4.78 is 37.0. The van der Waals surface area contributed by atoms with Gasteiger partial charge in [0.05, 0.1) is 17.9 Å². The highest BCUT2D eigenvalue weighted by Crippen LogP contribution is 2.28. The lowest BCUT2D eigenvalue weighted by Crippen LogP contribution is -2.31. The normalized spacial score (nSPS) is 12.5. The van der Waals surface area contributed by atoms with E-state index in [1.807, 2.05) is 42.5 Å². The molecule has 2 N–H and O–H groups in total. The molecule has 8 nitrogen and oxygen atoms in total. The molecule has 3 heterocycles. The number of hydrogen-bond acceptors (Lipinski definition) is 5. The molecule has 0 saturated carbocycles. The van der Waals surface area contributed by atoms with E-state index in [2.05, 4.69) is 15.3 Å². The maximum Gasteiger partial charge on any atom is 0.446 e. The third-order valence-corrected chi connectivity index (χ3v) is 5.46. The first-order valence-corrected chi connectivity index (χ1v) is 11.5. The van der Waals surface area contributed by atoms with E-state index in [1.165, 1.54) is 0 Å². The summed E-state index contributed by atoms with van der Waals surface area (Å²) >= 11 is 0. The molecule has 4 rings (SSSR count). The minimum Gasteiger partial charge on any atom is -0.494 e. The molecule has 3 aromatic rings. The number of amides is 2. The van der Waals surface area contributed by atoms with Crippen LogP contribution in [-0.2, 0) is 16.0 Å². The number of hydrogen-bond donors (Lipinski definition) is 2. The number of nitrogens with one attached hydrogen (secondary N) is 2. The highest BCUT2D eigenvalue weighted by Gasteiger charge is 2.25. The predicted octanol–water partition coefficient (Wildman–Crippen LogP) is 4.02. The van der Waals surface area contributed by atoms with Crippen LogP contribution >= 0.6 is 0 Å². The average molecular weight is 517 g/mol. The van der Waals surface area contributed by atoms with E-state index in [9.17, 15) is 22.8 Å². The minimum absolute atomic E-state index is 0.0281. The molecule has 0 unspecified atom stereocenters. The zero-order valence-corrected chi connectivity index (χ0v) is 20.4. The van der Waals surface area contributed by atoms with Gasteiger partial charge in [0.2, 0.25) is 12.2 Å². The number of alkyl halides is 3. The summed E-state index contributed by atoms with van der Waals surface area (Å²) in [6.45, 7) is 1.16. The van der Waals surface area contributed by atoms with Crippen LogP contribution in [0.25, 0.3) is 22.5 Å². The Hall–Kier alpha value is -4.15. The molecular weight excluding hydrogens is 489 g/mol. The van der Waals surface area contributed by atoms with Gasteiger partial charge >= 0.3 is 6.18 Å².